The van der Waals surface area contributed by atoms with Crippen LogP contribution in [0.1, 0.15) is 10.4 Å². The number of rotatable bonds is 4. The molecular formula is C13H13BrClNOS. The van der Waals surface area contributed by atoms with Crippen molar-refractivity contribution < 1.29 is 5.11 Å². The molecule has 0 unspecified atom stereocenters. The number of hydrogen-bond donors (Lipinski definition) is 1. The fraction of sp³-hybridized carbons (Fsp3) is 0.231. The van der Waals surface area contributed by atoms with Crippen LogP contribution in [0.2, 0.25) is 5.02 Å². The van der Waals surface area contributed by atoms with E-state index in [0.29, 0.717) is 5.02 Å². The second-order valence-electron chi connectivity index (χ2n) is 3.99. The molecule has 0 aliphatic carbocycles. The Balaban J connectivity index is 2.25. The minimum absolute atomic E-state index is 0.00559. The van der Waals surface area contributed by atoms with Gasteiger partial charge in [0.15, 0.2) is 0 Å². The lowest BCUT2D eigenvalue weighted by atomic mass is 10.1. The van der Waals surface area contributed by atoms with Crippen LogP contribution in [0.3, 0.4) is 0 Å². The molecule has 1 aromatic heterocycles. The summed E-state index contributed by atoms with van der Waals surface area (Å²) in [5.41, 5.74) is 1.74. The number of para-hydroxylation sites is 1. The van der Waals surface area contributed by atoms with Crippen molar-refractivity contribution in [1.82, 2.24) is 0 Å². The molecule has 0 fully saturated rings. The summed E-state index contributed by atoms with van der Waals surface area (Å²) in [6, 6.07) is 7.68. The van der Waals surface area contributed by atoms with Crippen molar-refractivity contribution in [2.45, 2.75) is 13.2 Å². The second-order valence-corrected chi connectivity index (χ2v) is 6.31. The second kappa shape index (κ2) is 6.06. The van der Waals surface area contributed by atoms with Crippen molar-refractivity contribution in [3.05, 3.63) is 49.6 Å². The number of aliphatic hydroxyl groups is 1. The molecule has 5 heteroatoms. The van der Waals surface area contributed by atoms with Gasteiger partial charge in [-0.15, -0.1) is 11.3 Å². The predicted octanol–water partition coefficient (Wildman–Crippen LogP) is 4.29. The first-order valence-corrected chi connectivity index (χ1v) is 7.49. The van der Waals surface area contributed by atoms with E-state index < -0.39 is 0 Å². The summed E-state index contributed by atoms with van der Waals surface area (Å²) in [4.78, 5) is 3.31. The molecule has 0 aliphatic rings. The highest BCUT2D eigenvalue weighted by Crippen LogP contribution is 2.31. The first kappa shape index (κ1) is 13.9. The van der Waals surface area contributed by atoms with E-state index in [4.69, 9.17) is 11.6 Å². The molecule has 96 valence electrons. The van der Waals surface area contributed by atoms with E-state index in [9.17, 15) is 5.11 Å². The average molecular weight is 347 g/mol. The summed E-state index contributed by atoms with van der Waals surface area (Å²) in [6.07, 6.45) is 0. The minimum Gasteiger partial charge on any atom is -0.392 e. The minimum atomic E-state index is -0.00559. The Morgan fingerprint density at radius 3 is 2.83 bits per heavy atom. The topological polar surface area (TPSA) is 23.5 Å². The lowest BCUT2D eigenvalue weighted by Gasteiger charge is -2.22. The molecule has 2 nitrogen and oxygen atoms in total. The molecule has 0 amide bonds. The van der Waals surface area contributed by atoms with Gasteiger partial charge in [-0.1, -0.05) is 23.7 Å². The van der Waals surface area contributed by atoms with Crippen LogP contribution >= 0.6 is 38.9 Å². The number of benzene rings is 1. The maximum absolute atomic E-state index is 9.37. The number of thiophene rings is 1. The molecule has 1 aromatic carbocycles. The van der Waals surface area contributed by atoms with E-state index in [1.165, 1.54) is 4.88 Å². The van der Waals surface area contributed by atoms with Gasteiger partial charge in [0, 0.05) is 27.3 Å². The van der Waals surface area contributed by atoms with Gasteiger partial charge in [-0.2, -0.15) is 0 Å². The summed E-state index contributed by atoms with van der Waals surface area (Å²) in [5.74, 6) is 0. The Labute approximate surface area is 124 Å². The van der Waals surface area contributed by atoms with Crippen LogP contribution in [0.15, 0.2) is 34.1 Å². The van der Waals surface area contributed by atoms with E-state index >= 15 is 0 Å². The SMILES string of the molecule is CN(Cc1cc(Br)cs1)c1c(Cl)cccc1CO. The molecule has 0 aliphatic heterocycles. The van der Waals surface area contributed by atoms with Gasteiger partial charge in [-0.05, 0) is 28.1 Å². The molecule has 1 heterocycles. The van der Waals surface area contributed by atoms with E-state index in [-0.39, 0.29) is 6.61 Å². The molecule has 2 aromatic rings. The average Bonchev–Trinajstić information content (AvgIpc) is 2.74. The van der Waals surface area contributed by atoms with Crippen molar-refractivity contribution in [3.63, 3.8) is 0 Å². The van der Waals surface area contributed by atoms with Gasteiger partial charge in [-0.25, -0.2) is 0 Å². The van der Waals surface area contributed by atoms with Gasteiger partial charge in [0.05, 0.1) is 23.9 Å². The normalized spacial score (nSPS) is 10.7. The molecule has 0 spiro atoms. The first-order valence-electron chi connectivity index (χ1n) is 5.44. The zero-order chi connectivity index (χ0) is 13.1. The molecule has 0 bridgehead atoms. The van der Waals surface area contributed by atoms with Crippen LogP contribution in [0.25, 0.3) is 0 Å². The van der Waals surface area contributed by atoms with Crippen molar-refractivity contribution in [1.29, 1.82) is 0 Å². The highest BCUT2D eigenvalue weighted by molar-refractivity contribution is 9.10. The molecular weight excluding hydrogens is 334 g/mol. The Hall–Kier alpha value is -0.550. The van der Waals surface area contributed by atoms with E-state index in [2.05, 4.69) is 32.3 Å². The van der Waals surface area contributed by atoms with Crippen LogP contribution in [-0.2, 0) is 13.2 Å². The Morgan fingerprint density at radius 2 is 2.22 bits per heavy atom. The van der Waals surface area contributed by atoms with Crippen LogP contribution in [0.4, 0.5) is 5.69 Å². The Bertz CT molecular complexity index is 544. The van der Waals surface area contributed by atoms with Crippen molar-refractivity contribution in [2.75, 3.05) is 11.9 Å². The quantitative estimate of drug-likeness (QED) is 0.892. The van der Waals surface area contributed by atoms with Crippen molar-refractivity contribution in [2.24, 2.45) is 0 Å². The van der Waals surface area contributed by atoms with Gasteiger partial charge in [0.25, 0.3) is 0 Å². The number of aliphatic hydroxyl groups excluding tert-OH is 1. The van der Waals surface area contributed by atoms with Gasteiger partial charge in [0.2, 0.25) is 0 Å². The Morgan fingerprint density at radius 1 is 1.44 bits per heavy atom. The number of anilines is 1. The number of halogens is 2. The van der Waals surface area contributed by atoms with Gasteiger partial charge < -0.3 is 10.0 Å². The predicted molar refractivity (Wildman–Crippen MR) is 81.5 cm³/mol. The lowest BCUT2D eigenvalue weighted by molar-refractivity contribution is 0.282. The smallest absolute Gasteiger partial charge is 0.0702 e. The van der Waals surface area contributed by atoms with Gasteiger partial charge in [-0.3, -0.25) is 0 Å². The van der Waals surface area contributed by atoms with Crippen LogP contribution < -0.4 is 4.90 Å². The monoisotopic (exact) mass is 345 g/mol. The third-order valence-corrected chi connectivity index (χ3v) is 4.62. The largest absolute Gasteiger partial charge is 0.392 e. The zero-order valence-corrected chi connectivity index (χ0v) is 13.0. The van der Waals surface area contributed by atoms with Gasteiger partial charge in [0.1, 0.15) is 0 Å². The van der Waals surface area contributed by atoms with Crippen molar-refractivity contribution >= 4 is 44.6 Å². The standard InChI is InChI=1S/C13H13BrClNOS/c1-16(6-11-5-10(14)8-18-11)13-9(7-17)3-2-4-12(13)15/h2-5,8,17H,6-7H2,1H3. The maximum atomic E-state index is 9.37. The highest BCUT2D eigenvalue weighted by Gasteiger charge is 2.12. The fourth-order valence-electron chi connectivity index (χ4n) is 1.86. The van der Waals surface area contributed by atoms with E-state index in [0.717, 1.165) is 22.3 Å². The van der Waals surface area contributed by atoms with Crippen LogP contribution in [-0.4, -0.2) is 12.2 Å². The Kier molecular flexibility index (Phi) is 4.67. The maximum Gasteiger partial charge on any atom is 0.0702 e. The van der Waals surface area contributed by atoms with Gasteiger partial charge >= 0.3 is 0 Å². The molecule has 0 radical (unpaired) electrons. The molecule has 0 saturated heterocycles. The summed E-state index contributed by atoms with van der Waals surface area (Å²) in [5, 5.41) is 12.1. The number of hydrogen-bond acceptors (Lipinski definition) is 3. The summed E-state index contributed by atoms with van der Waals surface area (Å²) in [7, 11) is 1.98. The molecule has 2 rings (SSSR count). The first-order chi connectivity index (χ1) is 8.61. The summed E-state index contributed by atoms with van der Waals surface area (Å²) < 4.78 is 1.09. The third kappa shape index (κ3) is 3.06. The van der Waals surface area contributed by atoms with Crippen LogP contribution in [0.5, 0.6) is 0 Å². The molecule has 1 N–H and O–H groups in total. The molecule has 18 heavy (non-hydrogen) atoms. The lowest BCUT2D eigenvalue weighted by Crippen LogP contribution is -2.17. The van der Waals surface area contributed by atoms with Crippen molar-refractivity contribution in [3.8, 4) is 0 Å². The molecule has 0 saturated carbocycles. The number of nitrogens with zero attached hydrogens (tertiary/aromatic N) is 1. The third-order valence-electron chi connectivity index (χ3n) is 2.64. The molecule has 0 atom stereocenters. The highest BCUT2D eigenvalue weighted by atomic mass is 79.9. The summed E-state index contributed by atoms with van der Waals surface area (Å²) in [6.45, 7) is 0.765. The fourth-order valence-corrected chi connectivity index (χ4v) is 3.71. The van der Waals surface area contributed by atoms with E-state index in [1.807, 2.05) is 25.2 Å². The van der Waals surface area contributed by atoms with Crippen LogP contribution in [0, 0.1) is 0 Å². The zero-order valence-electron chi connectivity index (χ0n) is 9.86. The summed E-state index contributed by atoms with van der Waals surface area (Å²) >= 11 is 11.4. The van der Waals surface area contributed by atoms with E-state index in [1.54, 1.807) is 11.3 Å².